The lowest BCUT2D eigenvalue weighted by molar-refractivity contribution is 0.0531. The second kappa shape index (κ2) is 6.66. The van der Waals surface area contributed by atoms with E-state index in [1.165, 1.54) is 12.1 Å². The molecule has 1 N–H and O–H groups in total. The van der Waals surface area contributed by atoms with E-state index in [1.807, 2.05) is 25.1 Å². The maximum absolute atomic E-state index is 12.5. The molecule has 0 spiro atoms. The van der Waals surface area contributed by atoms with Crippen LogP contribution < -0.4 is 5.56 Å². The van der Waals surface area contributed by atoms with E-state index in [0.717, 1.165) is 5.56 Å². The molecule has 7 heteroatoms. The Morgan fingerprint density at radius 3 is 2.25 bits per heavy atom. The maximum Gasteiger partial charge on any atom is 0.274 e. The molecule has 0 bridgehead atoms. The smallest absolute Gasteiger partial charge is 0.274 e. The van der Waals surface area contributed by atoms with Gasteiger partial charge >= 0.3 is 0 Å². The van der Waals surface area contributed by atoms with Crippen molar-refractivity contribution in [3.05, 3.63) is 63.6 Å². The largest absolute Gasteiger partial charge is 0.335 e. The van der Waals surface area contributed by atoms with Gasteiger partial charge in [-0.2, -0.15) is 5.10 Å². The third kappa shape index (κ3) is 3.34. The van der Waals surface area contributed by atoms with E-state index in [4.69, 9.17) is 0 Å². The number of hydrogen-bond acceptors (Lipinski definition) is 4. The number of aromatic amines is 1. The van der Waals surface area contributed by atoms with Crippen LogP contribution in [0.5, 0.6) is 0 Å². The number of amides is 2. The van der Waals surface area contributed by atoms with Crippen molar-refractivity contribution in [2.45, 2.75) is 6.92 Å². The molecule has 24 heavy (non-hydrogen) atoms. The monoisotopic (exact) mass is 326 g/mol. The summed E-state index contributed by atoms with van der Waals surface area (Å²) in [5.74, 6) is -0.262. The Balaban J connectivity index is 1.63. The number of piperazine rings is 1. The summed E-state index contributed by atoms with van der Waals surface area (Å²) in [6, 6.07) is 10.2. The Morgan fingerprint density at radius 2 is 1.67 bits per heavy atom. The summed E-state index contributed by atoms with van der Waals surface area (Å²) < 4.78 is 0. The van der Waals surface area contributed by atoms with Gasteiger partial charge in [0, 0.05) is 37.8 Å². The molecule has 1 aromatic carbocycles. The molecule has 7 nitrogen and oxygen atoms in total. The first-order valence-corrected chi connectivity index (χ1v) is 7.75. The van der Waals surface area contributed by atoms with Gasteiger partial charge in [-0.1, -0.05) is 17.7 Å². The average molecular weight is 326 g/mol. The van der Waals surface area contributed by atoms with Gasteiger partial charge in [0.25, 0.3) is 17.4 Å². The fraction of sp³-hybridized carbons (Fsp3) is 0.294. The fourth-order valence-corrected chi connectivity index (χ4v) is 2.70. The second-order valence-corrected chi connectivity index (χ2v) is 5.76. The predicted molar refractivity (Wildman–Crippen MR) is 87.8 cm³/mol. The fourth-order valence-electron chi connectivity index (χ4n) is 2.70. The number of nitrogens with one attached hydrogen (secondary N) is 1. The second-order valence-electron chi connectivity index (χ2n) is 5.76. The van der Waals surface area contributed by atoms with Crippen LogP contribution >= 0.6 is 0 Å². The van der Waals surface area contributed by atoms with Crippen LogP contribution in [-0.2, 0) is 0 Å². The van der Waals surface area contributed by atoms with Crippen LogP contribution in [0.4, 0.5) is 0 Å². The summed E-state index contributed by atoms with van der Waals surface area (Å²) >= 11 is 0. The minimum absolute atomic E-state index is 0.0204. The zero-order chi connectivity index (χ0) is 17.1. The molecule has 1 aliphatic rings. The molecular formula is C17H18N4O3. The highest BCUT2D eigenvalue weighted by atomic mass is 16.2. The third-order valence-electron chi connectivity index (χ3n) is 4.02. The number of aryl methyl sites for hydroxylation is 1. The number of aromatic nitrogens is 2. The van der Waals surface area contributed by atoms with Gasteiger partial charge < -0.3 is 9.80 Å². The predicted octanol–water partition coefficient (Wildman–Crippen LogP) is 0.677. The van der Waals surface area contributed by atoms with E-state index in [9.17, 15) is 14.4 Å². The highest BCUT2D eigenvalue weighted by Gasteiger charge is 2.26. The van der Waals surface area contributed by atoms with Gasteiger partial charge in [-0.05, 0) is 25.1 Å². The molecule has 2 heterocycles. The zero-order valence-electron chi connectivity index (χ0n) is 13.4. The van der Waals surface area contributed by atoms with Crippen molar-refractivity contribution in [2.75, 3.05) is 26.2 Å². The van der Waals surface area contributed by atoms with E-state index in [2.05, 4.69) is 10.2 Å². The third-order valence-corrected chi connectivity index (χ3v) is 4.02. The molecule has 2 aromatic rings. The van der Waals surface area contributed by atoms with Crippen molar-refractivity contribution in [3.63, 3.8) is 0 Å². The summed E-state index contributed by atoms with van der Waals surface area (Å²) in [6.07, 6.45) is 0. The molecule has 2 amide bonds. The van der Waals surface area contributed by atoms with E-state index >= 15 is 0 Å². The Hall–Kier alpha value is -2.96. The molecule has 1 saturated heterocycles. The van der Waals surface area contributed by atoms with Crippen molar-refractivity contribution < 1.29 is 9.59 Å². The van der Waals surface area contributed by atoms with Crippen molar-refractivity contribution in [3.8, 4) is 0 Å². The van der Waals surface area contributed by atoms with Gasteiger partial charge in [-0.3, -0.25) is 14.4 Å². The van der Waals surface area contributed by atoms with E-state index in [0.29, 0.717) is 31.7 Å². The van der Waals surface area contributed by atoms with E-state index < -0.39 is 0 Å². The number of carbonyl (C=O) groups is 2. The molecule has 0 atom stereocenters. The number of carbonyl (C=O) groups excluding carboxylic acids is 2. The minimum atomic E-state index is -0.347. The van der Waals surface area contributed by atoms with Gasteiger partial charge in [0.2, 0.25) is 0 Å². The van der Waals surface area contributed by atoms with Crippen LogP contribution in [0, 0.1) is 6.92 Å². The summed E-state index contributed by atoms with van der Waals surface area (Å²) in [7, 11) is 0. The number of rotatable bonds is 2. The van der Waals surface area contributed by atoms with Gasteiger partial charge in [-0.25, -0.2) is 5.10 Å². The molecule has 124 valence electrons. The van der Waals surface area contributed by atoms with Crippen molar-refractivity contribution in [1.29, 1.82) is 0 Å². The Bertz CT molecular complexity index is 802. The molecular weight excluding hydrogens is 308 g/mol. The lowest BCUT2D eigenvalue weighted by atomic mass is 10.1. The first-order valence-electron chi connectivity index (χ1n) is 7.75. The average Bonchev–Trinajstić information content (AvgIpc) is 2.61. The number of nitrogens with zero attached hydrogens (tertiary/aromatic N) is 3. The van der Waals surface area contributed by atoms with E-state index in [-0.39, 0.29) is 23.1 Å². The lowest BCUT2D eigenvalue weighted by Crippen LogP contribution is -2.50. The quantitative estimate of drug-likeness (QED) is 0.879. The van der Waals surface area contributed by atoms with Gasteiger partial charge in [0.1, 0.15) is 5.69 Å². The zero-order valence-corrected chi connectivity index (χ0v) is 13.4. The topological polar surface area (TPSA) is 86.4 Å². The van der Waals surface area contributed by atoms with Crippen LogP contribution in [0.1, 0.15) is 26.4 Å². The first-order chi connectivity index (χ1) is 11.5. The molecule has 1 aromatic heterocycles. The Labute approximate surface area is 138 Å². The molecule has 0 unspecified atom stereocenters. The lowest BCUT2D eigenvalue weighted by Gasteiger charge is -2.34. The first kappa shape index (κ1) is 15.9. The standard InChI is InChI=1S/C17H18N4O3/c1-12-3-2-4-13(11-12)16(23)20-7-9-21(10-8-20)17(24)14-5-6-15(22)19-18-14/h2-6,11H,7-10H2,1H3,(H,19,22). The Kier molecular flexibility index (Phi) is 4.41. The normalized spacial score (nSPS) is 14.5. The van der Waals surface area contributed by atoms with Crippen molar-refractivity contribution >= 4 is 11.8 Å². The summed E-state index contributed by atoms with van der Waals surface area (Å²) in [5.41, 5.74) is 1.56. The van der Waals surface area contributed by atoms with Gasteiger partial charge in [0.05, 0.1) is 0 Å². The molecule has 0 radical (unpaired) electrons. The van der Waals surface area contributed by atoms with Crippen LogP contribution in [0.2, 0.25) is 0 Å². The van der Waals surface area contributed by atoms with Gasteiger partial charge in [0.15, 0.2) is 0 Å². The summed E-state index contributed by atoms with van der Waals surface area (Å²) in [6.45, 7) is 3.78. The molecule has 0 aliphatic carbocycles. The number of benzene rings is 1. The van der Waals surface area contributed by atoms with Crippen molar-refractivity contribution in [1.82, 2.24) is 20.0 Å². The van der Waals surface area contributed by atoms with Crippen LogP contribution in [0.3, 0.4) is 0 Å². The van der Waals surface area contributed by atoms with Crippen LogP contribution in [0.25, 0.3) is 0 Å². The summed E-state index contributed by atoms with van der Waals surface area (Å²) in [4.78, 5) is 39.2. The van der Waals surface area contributed by atoms with E-state index in [1.54, 1.807) is 15.9 Å². The molecule has 0 saturated carbocycles. The molecule has 1 aliphatic heterocycles. The molecule has 1 fully saturated rings. The van der Waals surface area contributed by atoms with Crippen molar-refractivity contribution in [2.24, 2.45) is 0 Å². The Morgan fingerprint density at radius 1 is 1.00 bits per heavy atom. The number of hydrogen-bond donors (Lipinski definition) is 1. The highest BCUT2D eigenvalue weighted by molar-refractivity contribution is 5.95. The SMILES string of the molecule is Cc1cccc(C(=O)N2CCN(C(=O)c3ccc(=O)[nH]n3)CC2)c1. The van der Waals surface area contributed by atoms with Crippen LogP contribution in [-0.4, -0.2) is 58.0 Å². The van der Waals surface area contributed by atoms with Gasteiger partial charge in [-0.15, -0.1) is 0 Å². The maximum atomic E-state index is 12.5. The molecule has 3 rings (SSSR count). The van der Waals surface area contributed by atoms with Crippen LogP contribution in [0.15, 0.2) is 41.2 Å². The highest BCUT2D eigenvalue weighted by Crippen LogP contribution is 2.12. The summed E-state index contributed by atoms with van der Waals surface area (Å²) in [5, 5.41) is 6.01. The number of H-pyrrole nitrogens is 1. The minimum Gasteiger partial charge on any atom is -0.335 e.